The Labute approximate surface area is 107 Å². The van der Waals surface area contributed by atoms with Crippen LogP contribution in [0.2, 0.25) is 0 Å². The topological polar surface area (TPSA) is 82.1 Å². The number of carbonyl (C=O) groups is 2. The molecule has 1 saturated heterocycles. The number of carbonyl (C=O) groups excluding carboxylic acids is 1. The third-order valence-corrected chi connectivity index (χ3v) is 2.99. The fraction of sp³-hybridized carbons (Fsp3) is 0.818. The molecule has 7 nitrogen and oxygen atoms in total. The Morgan fingerprint density at radius 2 is 2.17 bits per heavy atom. The van der Waals surface area contributed by atoms with Crippen molar-refractivity contribution in [3.8, 4) is 0 Å². The normalized spacial score (nSPS) is 21.4. The van der Waals surface area contributed by atoms with Crippen LogP contribution in [-0.4, -0.2) is 66.2 Å². The van der Waals surface area contributed by atoms with E-state index in [9.17, 15) is 9.59 Å². The van der Waals surface area contributed by atoms with Gasteiger partial charge < -0.3 is 14.9 Å². The van der Waals surface area contributed by atoms with Crippen molar-refractivity contribution in [2.75, 3.05) is 33.3 Å². The molecule has 7 heteroatoms. The molecule has 0 saturated carbocycles. The lowest BCUT2D eigenvalue weighted by atomic mass is 10.2. The Morgan fingerprint density at radius 3 is 2.78 bits per heavy atom. The summed E-state index contributed by atoms with van der Waals surface area (Å²) in [5, 5.41) is 8.42. The maximum Gasteiger partial charge on any atom is 0.341 e. The van der Waals surface area contributed by atoms with Crippen LogP contribution in [-0.2, 0) is 9.63 Å². The number of nitrogens with one attached hydrogen (secondary N) is 1. The van der Waals surface area contributed by atoms with Crippen LogP contribution in [0, 0.1) is 0 Å². The fourth-order valence-corrected chi connectivity index (χ4v) is 2.08. The van der Waals surface area contributed by atoms with Gasteiger partial charge in [-0.2, -0.15) is 0 Å². The largest absolute Gasteiger partial charge is 0.479 e. The molecule has 0 bridgehead atoms. The number of nitrogens with zero attached hydrogens (tertiary/aromatic N) is 2. The second-order valence-electron chi connectivity index (χ2n) is 4.46. The zero-order valence-electron chi connectivity index (χ0n) is 10.9. The Morgan fingerprint density at radius 1 is 1.44 bits per heavy atom. The van der Waals surface area contributed by atoms with Crippen molar-refractivity contribution in [1.82, 2.24) is 15.3 Å². The lowest BCUT2D eigenvalue weighted by molar-refractivity contribution is -0.144. The first-order valence-electron chi connectivity index (χ1n) is 6.13. The molecule has 18 heavy (non-hydrogen) atoms. The van der Waals surface area contributed by atoms with E-state index in [1.54, 1.807) is 4.90 Å². The van der Waals surface area contributed by atoms with Gasteiger partial charge in [-0.3, -0.25) is 4.84 Å². The van der Waals surface area contributed by atoms with Gasteiger partial charge in [-0.1, -0.05) is 6.92 Å². The maximum absolute atomic E-state index is 11.9. The number of rotatable bonds is 4. The summed E-state index contributed by atoms with van der Waals surface area (Å²) in [7, 11) is 2.03. The van der Waals surface area contributed by atoms with E-state index in [0.29, 0.717) is 6.54 Å². The van der Waals surface area contributed by atoms with Crippen molar-refractivity contribution < 1.29 is 19.5 Å². The van der Waals surface area contributed by atoms with Crippen LogP contribution in [0.3, 0.4) is 0 Å². The summed E-state index contributed by atoms with van der Waals surface area (Å²) in [4.78, 5) is 30.7. The van der Waals surface area contributed by atoms with E-state index >= 15 is 0 Å². The summed E-state index contributed by atoms with van der Waals surface area (Å²) in [6.45, 7) is 3.93. The van der Waals surface area contributed by atoms with Gasteiger partial charge in [-0.15, -0.1) is 0 Å². The molecule has 1 aliphatic rings. The second-order valence-corrected chi connectivity index (χ2v) is 4.46. The predicted octanol–water partition coefficient (Wildman–Crippen LogP) is 0.128. The molecular weight excluding hydrogens is 238 g/mol. The zero-order chi connectivity index (χ0) is 13.5. The number of carboxylic acid groups (broad SMARTS) is 1. The van der Waals surface area contributed by atoms with E-state index in [1.807, 2.05) is 14.0 Å². The minimum Gasteiger partial charge on any atom is -0.479 e. The highest BCUT2D eigenvalue weighted by molar-refractivity contribution is 5.74. The molecule has 0 spiro atoms. The average molecular weight is 259 g/mol. The van der Waals surface area contributed by atoms with Gasteiger partial charge in [0, 0.05) is 19.1 Å². The number of hydrogen-bond acceptors (Lipinski definition) is 4. The van der Waals surface area contributed by atoms with Gasteiger partial charge in [0.1, 0.15) is 0 Å². The first-order valence-corrected chi connectivity index (χ1v) is 6.13. The first-order chi connectivity index (χ1) is 8.54. The molecule has 0 aromatic rings. The van der Waals surface area contributed by atoms with Crippen LogP contribution in [0.25, 0.3) is 0 Å². The highest BCUT2D eigenvalue weighted by Gasteiger charge is 2.26. The summed E-state index contributed by atoms with van der Waals surface area (Å²) in [5.41, 5.74) is 2.18. The van der Waals surface area contributed by atoms with Crippen LogP contribution in [0.4, 0.5) is 4.79 Å². The fourth-order valence-electron chi connectivity index (χ4n) is 2.08. The number of urea groups is 1. The number of amides is 2. The SMILES string of the molecule is CCC1CN(C)CCCN1C(=O)NOCC(=O)O. The van der Waals surface area contributed by atoms with Gasteiger partial charge in [-0.25, -0.2) is 15.1 Å². The molecular formula is C11H21N3O4. The summed E-state index contributed by atoms with van der Waals surface area (Å²) in [6.07, 6.45) is 1.76. The molecule has 1 heterocycles. The number of hydroxylamine groups is 1. The monoisotopic (exact) mass is 259 g/mol. The van der Waals surface area contributed by atoms with E-state index in [0.717, 1.165) is 25.9 Å². The van der Waals surface area contributed by atoms with Crippen LogP contribution < -0.4 is 5.48 Å². The Bertz CT molecular complexity index is 298. The number of likely N-dealkylation sites (N-methyl/N-ethyl adjacent to an activating group) is 1. The number of carboxylic acids is 1. The van der Waals surface area contributed by atoms with Gasteiger partial charge >= 0.3 is 12.0 Å². The van der Waals surface area contributed by atoms with Crippen molar-refractivity contribution in [3.05, 3.63) is 0 Å². The molecule has 0 aliphatic carbocycles. The molecule has 2 N–H and O–H groups in total. The van der Waals surface area contributed by atoms with Gasteiger partial charge in [0.2, 0.25) is 0 Å². The Kier molecular flexibility index (Phi) is 5.87. The van der Waals surface area contributed by atoms with Gasteiger partial charge in [0.05, 0.1) is 0 Å². The summed E-state index contributed by atoms with van der Waals surface area (Å²) >= 11 is 0. The van der Waals surface area contributed by atoms with Crippen LogP contribution >= 0.6 is 0 Å². The highest BCUT2D eigenvalue weighted by Crippen LogP contribution is 2.11. The van der Waals surface area contributed by atoms with E-state index in [1.165, 1.54) is 0 Å². The minimum absolute atomic E-state index is 0.130. The standard InChI is InChI=1S/C11H21N3O4/c1-3-9-7-13(2)5-4-6-14(9)11(17)12-18-8-10(15)16/h9H,3-8H2,1-2H3,(H,12,17)(H,15,16). The predicted molar refractivity (Wildman–Crippen MR) is 65.0 cm³/mol. The van der Waals surface area contributed by atoms with E-state index in [2.05, 4.69) is 15.2 Å². The summed E-state index contributed by atoms with van der Waals surface area (Å²) < 4.78 is 0. The third kappa shape index (κ3) is 4.50. The van der Waals surface area contributed by atoms with E-state index in [4.69, 9.17) is 5.11 Å². The van der Waals surface area contributed by atoms with Crippen LogP contribution in [0.15, 0.2) is 0 Å². The lowest BCUT2D eigenvalue weighted by Gasteiger charge is -2.29. The van der Waals surface area contributed by atoms with Gasteiger partial charge in [-0.05, 0) is 26.4 Å². The van der Waals surface area contributed by atoms with Crippen LogP contribution in [0.5, 0.6) is 0 Å². The third-order valence-electron chi connectivity index (χ3n) is 2.99. The molecule has 1 unspecified atom stereocenters. The lowest BCUT2D eigenvalue weighted by Crippen LogP contribution is -2.48. The average Bonchev–Trinajstić information content (AvgIpc) is 2.49. The molecule has 0 aromatic heterocycles. The van der Waals surface area contributed by atoms with Gasteiger partial charge in [0.15, 0.2) is 6.61 Å². The van der Waals surface area contributed by atoms with Crippen LogP contribution in [0.1, 0.15) is 19.8 Å². The molecule has 1 rings (SSSR count). The van der Waals surface area contributed by atoms with Gasteiger partial charge in [0.25, 0.3) is 0 Å². The molecule has 104 valence electrons. The molecule has 2 amide bonds. The quantitative estimate of drug-likeness (QED) is 0.701. The first kappa shape index (κ1) is 14.7. The number of hydrogen-bond donors (Lipinski definition) is 2. The second kappa shape index (κ2) is 7.17. The van der Waals surface area contributed by atoms with Crippen molar-refractivity contribution in [1.29, 1.82) is 0 Å². The molecule has 1 aliphatic heterocycles. The minimum atomic E-state index is -1.11. The number of aliphatic carboxylic acids is 1. The molecule has 1 atom stereocenters. The van der Waals surface area contributed by atoms with Crippen molar-refractivity contribution >= 4 is 12.0 Å². The highest BCUT2D eigenvalue weighted by atomic mass is 16.7. The summed E-state index contributed by atoms with van der Waals surface area (Å²) in [5.74, 6) is -1.11. The van der Waals surface area contributed by atoms with Crippen molar-refractivity contribution in [3.63, 3.8) is 0 Å². The van der Waals surface area contributed by atoms with E-state index in [-0.39, 0.29) is 12.1 Å². The smallest absolute Gasteiger partial charge is 0.341 e. The molecule has 0 radical (unpaired) electrons. The van der Waals surface area contributed by atoms with Crippen molar-refractivity contribution in [2.24, 2.45) is 0 Å². The molecule has 0 aromatic carbocycles. The Balaban J connectivity index is 2.49. The van der Waals surface area contributed by atoms with Crippen molar-refractivity contribution in [2.45, 2.75) is 25.8 Å². The van der Waals surface area contributed by atoms with E-state index < -0.39 is 12.6 Å². The summed E-state index contributed by atoms with van der Waals surface area (Å²) in [6, 6.07) is -0.232. The maximum atomic E-state index is 11.9. The zero-order valence-corrected chi connectivity index (χ0v) is 10.9. The molecule has 1 fully saturated rings. The Hall–Kier alpha value is -1.34.